The summed E-state index contributed by atoms with van der Waals surface area (Å²) >= 11 is 0. The van der Waals surface area contributed by atoms with Crippen LogP contribution in [0, 0.1) is 6.92 Å². The predicted octanol–water partition coefficient (Wildman–Crippen LogP) is 2.66. The van der Waals surface area contributed by atoms with E-state index in [9.17, 15) is 4.79 Å². The highest BCUT2D eigenvalue weighted by Crippen LogP contribution is 2.25. The lowest BCUT2D eigenvalue weighted by Gasteiger charge is -2.20. The Balaban J connectivity index is 2.04. The zero-order chi connectivity index (χ0) is 14.5. The number of benzene rings is 1. The summed E-state index contributed by atoms with van der Waals surface area (Å²) in [7, 11) is 0. The van der Waals surface area contributed by atoms with Gasteiger partial charge in [-0.2, -0.15) is 0 Å². The quantitative estimate of drug-likeness (QED) is 0.868. The molecule has 0 radical (unpaired) electrons. The molecule has 20 heavy (non-hydrogen) atoms. The number of hydrogen-bond donors (Lipinski definition) is 2. The SMILES string of the molecule is CCC[C@@H](N)C(=O)Nc1ccc(N2CCCC2)cc1C. The van der Waals surface area contributed by atoms with Crippen molar-refractivity contribution in [3.63, 3.8) is 0 Å². The zero-order valence-corrected chi connectivity index (χ0v) is 12.5. The monoisotopic (exact) mass is 275 g/mol. The highest BCUT2D eigenvalue weighted by atomic mass is 16.2. The number of anilines is 2. The number of aryl methyl sites for hydroxylation is 1. The van der Waals surface area contributed by atoms with Gasteiger partial charge in [0.2, 0.25) is 5.91 Å². The summed E-state index contributed by atoms with van der Waals surface area (Å²) in [4.78, 5) is 14.3. The highest BCUT2D eigenvalue weighted by Gasteiger charge is 2.15. The van der Waals surface area contributed by atoms with Crippen molar-refractivity contribution in [2.45, 2.75) is 45.6 Å². The fourth-order valence-electron chi connectivity index (χ4n) is 2.63. The molecule has 0 unspecified atom stereocenters. The van der Waals surface area contributed by atoms with Crippen molar-refractivity contribution in [2.24, 2.45) is 5.73 Å². The van der Waals surface area contributed by atoms with Crippen LogP contribution in [0.4, 0.5) is 11.4 Å². The van der Waals surface area contributed by atoms with Crippen LogP contribution in [-0.4, -0.2) is 25.0 Å². The summed E-state index contributed by atoms with van der Waals surface area (Å²) < 4.78 is 0. The molecule has 1 atom stereocenters. The molecule has 4 heteroatoms. The van der Waals surface area contributed by atoms with Crippen LogP contribution in [0.3, 0.4) is 0 Å². The van der Waals surface area contributed by atoms with E-state index in [1.807, 2.05) is 19.9 Å². The van der Waals surface area contributed by atoms with Crippen molar-refractivity contribution in [2.75, 3.05) is 23.3 Å². The summed E-state index contributed by atoms with van der Waals surface area (Å²) in [6.07, 6.45) is 4.17. The number of carbonyl (C=O) groups excluding carboxylic acids is 1. The van der Waals surface area contributed by atoms with Crippen molar-refractivity contribution in [1.29, 1.82) is 0 Å². The molecular formula is C16H25N3O. The molecule has 1 aliphatic rings. The van der Waals surface area contributed by atoms with Crippen LogP contribution < -0.4 is 16.0 Å². The number of nitrogens with two attached hydrogens (primary N) is 1. The number of nitrogens with zero attached hydrogens (tertiary/aromatic N) is 1. The standard InChI is InChI=1S/C16H25N3O/c1-3-6-14(17)16(20)18-15-8-7-13(11-12(15)2)19-9-4-5-10-19/h7-8,11,14H,3-6,9-10,17H2,1-2H3,(H,18,20)/t14-/m1/s1. The van der Waals surface area contributed by atoms with Crippen LogP contribution in [0.2, 0.25) is 0 Å². The molecular weight excluding hydrogens is 250 g/mol. The normalized spacial score (nSPS) is 16.2. The second kappa shape index (κ2) is 6.75. The molecule has 1 aromatic rings. The second-order valence-corrected chi connectivity index (χ2v) is 5.58. The molecule has 110 valence electrons. The van der Waals surface area contributed by atoms with Gasteiger partial charge < -0.3 is 16.0 Å². The first-order valence-corrected chi connectivity index (χ1v) is 7.54. The maximum absolute atomic E-state index is 11.9. The lowest BCUT2D eigenvalue weighted by atomic mass is 10.1. The first-order valence-electron chi connectivity index (χ1n) is 7.54. The fourth-order valence-corrected chi connectivity index (χ4v) is 2.63. The van der Waals surface area contributed by atoms with E-state index in [1.165, 1.54) is 18.5 Å². The van der Waals surface area contributed by atoms with Gasteiger partial charge in [-0.15, -0.1) is 0 Å². The van der Waals surface area contributed by atoms with E-state index in [1.54, 1.807) is 0 Å². The third kappa shape index (κ3) is 3.51. The van der Waals surface area contributed by atoms with E-state index < -0.39 is 6.04 Å². The molecule has 0 aliphatic carbocycles. The molecule has 1 heterocycles. The minimum atomic E-state index is -0.419. The first-order chi connectivity index (χ1) is 9.61. The zero-order valence-electron chi connectivity index (χ0n) is 12.5. The molecule has 0 spiro atoms. The van der Waals surface area contributed by atoms with Crippen molar-refractivity contribution in [3.05, 3.63) is 23.8 Å². The molecule has 2 rings (SSSR count). The molecule has 0 aromatic heterocycles. The topological polar surface area (TPSA) is 58.4 Å². The van der Waals surface area contributed by atoms with Gasteiger partial charge in [0, 0.05) is 24.5 Å². The Morgan fingerprint density at radius 3 is 2.70 bits per heavy atom. The second-order valence-electron chi connectivity index (χ2n) is 5.58. The van der Waals surface area contributed by atoms with Crippen molar-refractivity contribution in [3.8, 4) is 0 Å². The molecule has 1 aromatic carbocycles. The third-order valence-electron chi connectivity index (χ3n) is 3.88. The maximum Gasteiger partial charge on any atom is 0.241 e. The smallest absolute Gasteiger partial charge is 0.241 e. The number of rotatable bonds is 5. The lowest BCUT2D eigenvalue weighted by molar-refractivity contribution is -0.117. The van der Waals surface area contributed by atoms with Gasteiger partial charge >= 0.3 is 0 Å². The van der Waals surface area contributed by atoms with Gasteiger partial charge in [-0.25, -0.2) is 0 Å². The van der Waals surface area contributed by atoms with Gasteiger partial charge in [0.1, 0.15) is 0 Å². The van der Waals surface area contributed by atoms with Gasteiger partial charge in [-0.1, -0.05) is 13.3 Å². The molecule has 0 bridgehead atoms. The Labute approximate surface area is 121 Å². The summed E-state index contributed by atoms with van der Waals surface area (Å²) in [5.74, 6) is -0.0936. The number of carbonyl (C=O) groups is 1. The van der Waals surface area contributed by atoms with E-state index in [0.29, 0.717) is 0 Å². The lowest BCUT2D eigenvalue weighted by Crippen LogP contribution is -2.35. The summed E-state index contributed by atoms with van der Waals surface area (Å²) in [5, 5.41) is 2.93. The largest absolute Gasteiger partial charge is 0.372 e. The Hall–Kier alpha value is -1.55. The summed E-state index contributed by atoms with van der Waals surface area (Å²) in [6.45, 7) is 6.32. The van der Waals surface area contributed by atoms with Crippen LogP contribution in [0.1, 0.15) is 38.2 Å². The van der Waals surface area contributed by atoms with E-state index in [-0.39, 0.29) is 5.91 Å². The van der Waals surface area contributed by atoms with Crippen LogP contribution in [0.25, 0.3) is 0 Å². The van der Waals surface area contributed by atoms with E-state index in [0.717, 1.165) is 37.2 Å². The van der Waals surface area contributed by atoms with Gasteiger partial charge in [0.15, 0.2) is 0 Å². The molecule has 1 saturated heterocycles. The number of hydrogen-bond acceptors (Lipinski definition) is 3. The van der Waals surface area contributed by atoms with E-state index in [2.05, 4.69) is 22.3 Å². The minimum absolute atomic E-state index is 0.0936. The predicted molar refractivity (Wildman–Crippen MR) is 84.1 cm³/mol. The van der Waals surface area contributed by atoms with Crippen LogP contribution >= 0.6 is 0 Å². The minimum Gasteiger partial charge on any atom is -0.372 e. The molecule has 1 amide bonds. The average Bonchev–Trinajstić information content (AvgIpc) is 2.95. The Kier molecular flexibility index (Phi) is 5.01. The molecule has 1 aliphatic heterocycles. The molecule has 1 fully saturated rings. The van der Waals surface area contributed by atoms with Gasteiger partial charge in [-0.3, -0.25) is 4.79 Å². The van der Waals surface area contributed by atoms with Gasteiger partial charge in [0.05, 0.1) is 6.04 Å². The fraction of sp³-hybridized carbons (Fsp3) is 0.562. The van der Waals surface area contributed by atoms with Gasteiger partial charge in [0.25, 0.3) is 0 Å². The molecule has 3 N–H and O–H groups in total. The van der Waals surface area contributed by atoms with Crippen molar-refractivity contribution in [1.82, 2.24) is 0 Å². The van der Waals surface area contributed by atoms with Crippen molar-refractivity contribution >= 4 is 17.3 Å². The molecule has 0 saturated carbocycles. The van der Waals surface area contributed by atoms with Crippen LogP contribution in [0.5, 0.6) is 0 Å². The Morgan fingerprint density at radius 2 is 2.10 bits per heavy atom. The van der Waals surface area contributed by atoms with Gasteiger partial charge in [-0.05, 0) is 49.9 Å². The average molecular weight is 275 g/mol. The van der Waals surface area contributed by atoms with Crippen molar-refractivity contribution < 1.29 is 4.79 Å². The Bertz CT molecular complexity index is 467. The van der Waals surface area contributed by atoms with E-state index in [4.69, 9.17) is 5.73 Å². The third-order valence-corrected chi connectivity index (χ3v) is 3.88. The number of amides is 1. The summed E-state index contributed by atoms with van der Waals surface area (Å²) in [6, 6.07) is 5.79. The number of nitrogens with one attached hydrogen (secondary N) is 1. The Morgan fingerprint density at radius 1 is 1.40 bits per heavy atom. The molecule has 4 nitrogen and oxygen atoms in total. The highest BCUT2D eigenvalue weighted by molar-refractivity contribution is 5.95. The van der Waals surface area contributed by atoms with Crippen LogP contribution in [0.15, 0.2) is 18.2 Å². The maximum atomic E-state index is 11.9. The first kappa shape index (κ1) is 14.9. The van der Waals surface area contributed by atoms with E-state index >= 15 is 0 Å². The van der Waals surface area contributed by atoms with Crippen LogP contribution in [-0.2, 0) is 4.79 Å². The summed E-state index contributed by atoms with van der Waals surface area (Å²) in [5.41, 5.74) is 9.04.